The lowest BCUT2D eigenvalue weighted by Gasteiger charge is -2.31. The number of carbonyl (C=O) groups excluding carboxylic acids is 1. The minimum Gasteiger partial charge on any atom is -0.378 e. The Morgan fingerprint density at radius 2 is 1.73 bits per heavy atom. The highest BCUT2D eigenvalue weighted by molar-refractivity contribution is 6.30. The summed E-state index contributed by atoms with van der Waals surface area (Å²) in [6.07, 6.45) is 6.15. The van der Waals surface area contributed by atoms with E-state index >= 15 is 0 Å². The molecule has 0 aliphatic carbocycles. The number of carbonyl (C=O) groups is 1. The highest BCUT2D eigenvalue weighted by Crippen LogP contribution is 2.35. The number of morpholine rings is 1. The summed E-state index contributed by atoms with van der Waals surface area (Å²) in [7, 11) is 0. The van der Waals surface area contributed by atoms with Crippen molar-refractivity contribution in [3.05, 3.63) is 94.8 Å². The molecular formula is C24H22ClN3O2. The molecule has 30 heavy (non-hydrogen) atoms. The van der Waals surface area contributed by atoms with Gasteiger partial charge in [0.25, 0.3) is 5.91 Å². The molecule has 0 radical (unpaired) electrons. The largest absolute Gasteiger partial charge is 0.378 e. The van der Waals surface area contributed by atoms with Crippen LogP contribution >= 0.6 is 11.6 Å². The molecule has 3 aliphatic heterocycles. The predicted molar refractivity (Wildman–Crippen MR) is 118 cm³/mol. The molecule has 6 heteroatoms. The number of benzene rings is 2. The predicted octanol–water partition coefficient (Wildman–Crippen LogP) is 3.71. The van der Waals surface area contributed by atoms with Gasteiger partial charge < -0.3 is 19.9 Å². The van der Waals surface area contributed by atoms with Gasteiger partial charge in [-0.25, -0.2) is 0 Å². The highest BCUT2D eigenvalue weighted by atomic mass is 35.5. The Labute approximate surface area is 180 Å². The second-order valence-corrected chi connectivity index (χ2v) is 7.88. The summed E-state index contributed by atoms with van der Waals surface area (Å²) in [5, 5.41) is 4.19. The van der Waals surface area contributed by atoms with Crippen molar-refractivity contribution in [2.24, 2.45) is 0 Å². The Hall–Kier alpha value is -3.02. The molecule has 1 unspecified atom stereocenters. The fraction of sp³-hybridized carbons (Fsp3) is 0.208. The number of fused-ring (bicyclic) bond motifs is 1. The first-order valence-electron chi connectivity index (χ1n) is 10.1. The lowest BCUT2D eigenvalue weighted by atomic mass is 10.0. The lowest BCUT2D eigenvalue weighted by molar-refractivity contribution is -0.132. The van der Waals surface area contributed by atoms with Gasteiger partial charge in [0.05, 0.1) is 18.9 Å². The van der Waals surface area contributed by atoms with Crippen LogP contribution in [-0.2, 0) is 9.53 Å². The molecule has 1 fully saturated rings. The van der Waals surface area contributed by atoms with Gasteiger partial charge in [-0.3, -0.25) is 4.79 Å². The molecule has 0 saturated carbocycles. The van der Waals surface area contributed by atoms with Crippen LogP contribution in [0.15, 0.2) is 78.6 Å². The summed E-state index contributed by atoms with van der Waals surface area (Å²) >= 11 is 6.09. The minimum absolute atomic E-state index is 0.0113. The summed E-state index contributed by atoms with van der Waals surface area (Å²) in [5.41, 5.74) is 4.60. The number of hydrogen-bond donors (Lipinski definition) is 1. The van der Waals surface area contributed by atoms with Crippen molar-refractivity contribution in [2.75, 3.05) is 26.3 Å². The van der Waals surface area contributed by atoms with E-state index in [9.17, 15) is 4.79 Å². The average molecular weight is 420 g/mol. The van der Waals surface area contributed by atoms with Gasteiger partial charge >= 0.3 is 0 Å². The first-order valence-corrected chi connectivity index (χ1v) is 10.5. The number of ether oxygens (including phenoxy) is 1. The van der Waals surface area contributed by atoms with Crippen LogP contribution < -0.4 is 5.32 Å². The van der Waals surface area contributed by atoms with Crippen LogP contribution in [0.5, 0.6) is 0 Å². The van der Waals surface area contributed by atoms with Gasteiger partial charge in [0.15, 0.2) is 0 Å². The van der Waals surface area contributed by atoms with Gasteiger partial charge in [0.2, 0.25) is 0 Å². The van der Waals surface area contributed by atoms with Crippen molar-refractivity contribution >= 4 is 28.8 Å². The molecule has 1 atom stereocenters. The summed E-state index contributed by atoms with van der Waals surface area (Å²) in [6.45, 7) is 2.33. The maximum Gasteiger partial charge on any atom is 0.272 e. The van der Waals surface area contributed by atoms with E-state index in [-0.39, 0.29) is 12.1 Å². The van der Waals surface area contributed by atoms with Crippen LogP contribution in [0.1, 0.15) is 11.1 Å². The summed E-state index contributed by atoms with van der Waals surface area (Å²) in [5.74, 6) is 0.0113. The van der Waals surface area contributed by atoms with Crippen LogP contribution in [0.2, 0.25) is 5.02 Å². The van der Waals surface area contributed by atoms with Crippen molar-refractivity contribution in [1.82, 2.24) is 15.1 Å². The van der Waals surface area contributed by atoms with Crippen molar-refractivity contribution < 1.29 is 9.53 Å². The number of amides is 1. The quantitative estimate of drug-likeness (QED) is 0.823. The standard InChI is InChI=1S/C24H22ClN3O2/c25-20-9-6-18(7-10-20)22-23(24(29)27-12-14-30-15-13-27)28-16-19(8-11-21(28)26-22)17-4-2-1-3-5-17/h1-11,16,21,26H,12-15H2. The van der Waals surface area contributed by atoms with E-state index in [0.717, 1.165) is 22.4 Å². The molecule has 0 spiro atoms. The van der Waals surface area contributed by atoms with E-state index in [1.54, 1.807) is 0 Å². The van der Waals surface area contributed by atoms with Crippen molar-refractivity contribution in [2.45, 2.75) is 6.17 Å². The summed E-state index contributed by atoms with van der Waals surface area (Å²) in [6, 6.07) is 17.8. The maximum absolute atomic E-state index is 13.6. The Kier molecular flexibility index (Phi) is 5.07. The van der Waals surface area contributed by atoms with Gasteiger partial charge in [-0.15, -0.1) is 0 Å². The SMILES string of the molecule is O=C(C1=C(c2ccc(Cl)cc2)NC2C=CC(c3ccccc3)=CN12)N1CCOCC1. The first kappa shape index (κ1) is 19.0. The molecule has 1 amide bonds. The number of hydrogen-bond acceptors (Lipinski definition) is 4. The summed E-state index contributed by atoms with van der Waals surface area (Å²) < 4.78 is 5.44. The van der Waals surface area contributed by atoms with E-state index in [0.29, 0.717) is 37.0 Å². The number of nitrogens with zero attached hydrogens (tertiary/aromatic N) is 2. The second-order valence-electron chi connectivity index (χ2n) is 7.44. The Morgan fingerprint density at radius 1 is 1.00 bits per heavy atom. The van der Waals surface area contributed by atoms with Crippen LogP contribution in [0.3, 0.4) is 0 Å². The molecule has 5 rings (SSSR count). The zero-order valence-electron chi connectivity index (χ0n) is 16.4. The molecule has 152 valence electrons. The molecule has 2 aromatic rings. The van der Waals surface area contributed by atoms with Crippen LogP contribution in [-0.4, -0.2) is 48.2 Å². The maximum atomic E-state index is 13.6. The van der Waals surface area contributed by atoms with Crippen LogP contribution in [0.4, 0.5) is 0 Å². The number of nitrogens with one attached hydrogen (secondary N) is 1. The van der Waals surface area contributed by atoms with E-state index in [4.69, 9.17) is 16.3 Å². The molecule has 2 aromatic carbocycles. The van der Waals surface area contributed by atoms with Gasteiger partial charge in [0.1, 0.15) is 11.9 Å². The monoisotopic (exact) mass is 419 g/mol. The molecule has 0 bridgehead atoms. The van der Waals surface area contributed by atoms with E-state index in [2.05, 4.69) is 35.8 Å². The van der Waals surface area contributed by atoms with E-state index in [1.165, 1.54) is 0 Å². The number of allylic oxidation sites excluding steroid dienone is 2. The third-order valence-corrected chi connectivity index (χ3v) is 5.82. The highest BCUT2D eigenvalue weighted by Gasteiger charge is 2.37. The Morgan fingerprint density at radius 3 is 2.47 bits per heavy atom. The van der Waals surface area contributed by atoms with Crippen molar-refractivity contribution in [1.29, 1.82) is 0 Å². The fourth-order valence-electron chi connectivity index (χ4n) is 4.00. The number of rotatable bonds is 3. The third-order valence-electron chi connectivity index (χ3n) is 5.56. The molecular weight excluding hydrogens is 398 g/mol. The zero-order valence-corrected chi connectivity index (χ0v) is 17.2. The number of halogens is 1. The molecule has 0 aromatic heterocycles. The average Bonchev–Trinajstić information content (AvgIpc) is 3.19. The topological polar surface area (TPSA) is 44.8 Å². The Balaban J connectivity index is 1.58. The molecule has 3 aliphatic rings. The first-order chi connectivity index (χ1) is 14.7. The lowest BCUT2D eigenvalue weighted by Crippen LogP contribution is -2.44. The van der Waals surface area contributed by atoms with Crippen LogP contribution in [0, 0.1) is 0 Å². The second kappa shape index (κ2) is 8.01. The van der Waals surface area contributed by atoms with Gasteiger partial charge in [-0.2, -0.15) is 0 Å². The van der Waals surface area contributed by atoms with Crippen molar-refractivity contribution in [3.8, 4) is 0 Å². The molecule has 5 nitrogen and oxygen atoms in total. The van der Waals surface area contributed by atoms with E-state index < -0.39 is 0 Å². The van der Waals surface area contributed by atoms with Gasteiger partial charge in [-0.1, -0.05) is 60.1 Å². The molecule has 3 heterocycles. The van der Waals surface area contributed by atoms with Crippen LogP contribution in [0.25, 0.3) is 11.3 Å². The smallest absolute Gasteiger partial charge is 0.272 e. The molecule has 1 saturated heterocycles. The zero-order chi connectivity index (χ0) is 20.5. The molecule has 1 N–H and O–H groups in total. The normalized spacial score (nSPS) is 20.7. The fourth-order valence-corrected chi connectivity index (χ4v) is 4.12. The van der Waals surface area contributed by atoms with E-state index in [1.807, 2.05) is 52.3 Å². The van der Waals surface area contributed by atoms with Crippen molar-refractivity contribution in [3.63, 3.8) is 0 Å². The minimum atomic E-state index is -0.108. The third kappa shape index (κ3) is 3.51. The Bertz CT molecular complexity index is 1040. The summed E-state index contributed by atoms with van der Waals surface area (Å²) in [4.78, 5) is 17.5. The van der Waals surface area contributed by atoms with Gasteiger partial charge in [-0.05, 0) is 29.3 Å². The van der Waals surface area contributed by atoms with Gasteiger partial charge in [0, 0.05) is 29.9 Å².